The second-order valence-electron chi connectivity index (χ2n) is 3.71. The number of fused-ring (bicyclic) bond motifs is 1. The lowest BCUT2D eigenvalue weighted by atomic mass is 10.3. The van der Waals surface area contributed by atoms with Crippen molar-refractivity contribution in [2.45, 2.75) is 13.3 Å². The lowest BCUT2D eigenvalue weighted by Gasteiger charge is -1.90. The second-order valence-corrected chi connectivity index (χ2v) is 5.91. The number of nitrogen functional groups attached to an aromatic ring is 1. The van der Waals surface area contributed by atoms with Crippen LogP contribution in [-0.4, -0.2) is 9.97 Å². The van der Waals surface area contributed by atoms with Gasteiger partial charge in [-0.05, 0) is 18.6 Å². The van der Waals surface area contributed by atoms with Crippen LogP contribution in [0.5, 0.6) is 0 Å². The number of hydrogen-bond donors (Lipinski definition) is 1. The van der Waals surface area contributed by atoms with Crippen molar-refractivity contribution in [3.05, 3.63) is 29.4 Å². The van der Waals surface area contributed by atoms with Crippen LogP contribution >= 0.6 is 22.7 Å². The average molecular weight is 261 g/mol. The number of nitrogens with zero attached hydrogens (tertiary/aromatic N) is 2. The zero-order valence-electron chi connectivity index (χ0n) is 9.30. The summed E-state index contributed by atoms with van der Waals surface area (Å²) in [6.45, 7) is 2.14. The second kappa shape index (κ2) is 4.09. The highest BCUT2D eigenvalue weighted by molar-refractivity contribution is 7.22. The minimum absolute atomic E-state index is 0.855. The molecule has 0 aliphatic heterocycles. The Morgan fingerprint density at radius 2 is 2.24 bits per heavy atom. The fourth-order valence-electron chi connectivity index (χ4n) is 1.69. The number of thiophene rings is 1. The van der Waals surface area contributed by atoms with Gasteiger partial charge >= 0.3 is 0 Å². The fourth-order valence-corrected chi connectivity index (χ4v) is 3.59. The van der Waals surface area contributed by atoms with Gasteiger partial charge in [0.25, 0.3) is 0 Å². The molecule has 3 rings (SSSR count). The van der Waals surface area contributed by atoms with Crippen LogP contribution in [-0.2, 0) is 6.42 Å². The quantitative estimate of drug-likeness (QED) is 0.767. The van der Waals surface area contributed by atoms with Gasteiger partial charge in [0.2, 0.25) is 0 Å². The van der Waals surface area contributed by atoms with Crippen molar-refractivity contribution in [3.8, 4) is 10.6 Å². The Bertz CT molecular complexity index is 636. The minimum atomic E-state index is 0.855. The first kappa shape index (κ1) is 10.7. The third-order valence-corrected chi connectivity index (χ3v) is 4.76. The summed E-state index contributed by atoms with van der Waals surface area (Å²) < 4.78 is 1.15. The number of aromatic nitrogens is 2. The van der Waals surface area contributed by atoms with Crippen LogP contribution in [0.3, 0.4) is 0 Å². The first-order valence-electron chi connectivity index (χ1n) is 5.37. The van der Waals surface area contributed by atoms with Crippen molar-refractivity contribution in [3.63, 3.8) is 0 Å². The van der Waals surface area contributed by atoms with Crippen LogP contribution in [0, 0.1) is 0 Å². The van der Waals surface area contributed by atoms with Gasteiger partial charge in [0, 0.05) is 16.6 Å². The van der Waals surface area contributed by atoms with Crippen molar-refractivity contribution in [1.82, 2.24) is 9.97 Å². The van der Waals surface area contributed by atoms with Gasteiger partial charge in [0.15, 0.2) is 0 Å². The molecule has 86 valence electrons. The van der Waals surface area contributed by atoms with E-state index >= 15 is 0 Å². The van der Waals surface area contributed by atoms with Gasteiger partial charge in [0.1, 0.15) is 10.5 Å². The molecule has 0 aliphatic rings. The Balaban J connectivity index is 2.16. The molecular formula is C12H11N3S2. The molecule has 2 N–H and O–H groups in total. The van der Waals surface area contributed by atoms with Gasteiger partial charge in [-0.25, -0.2) is 4.98 Å². The van der Waals surface area contributed by atoms with Gasteiger partial charge in [-0.1, -0.05) is 6.92 Å². The number of pyridine rings is 1. The van der Waals surface area contributed by atoms with Crippen LogP contribution in [0.25, 0.3) is 20.8 Å². The summed E-state index contributed by atoms with van der Waals surface area (Å²) in [7, 11) is 0. The molecule has 17 heavy (non-hydrogen) atoms. The Hall–Kier alpha value is -1.46. The smallest absolute Gasteiger partial charge is 0.127 e. The number of hydrogen-bond acceptors (Lipinski definition) is 5. The monoisotopic (exact) mass is 261 g/mol. The molecule has 0 radical (unpaired) electrons. The molecule has 0 amide bonds. The van der Waals surface area contributed by atoms with Crippen LogP contribution in [0.4, 0.5) is 5.00 Å². The van der Waals surface area contributed by atoms with E-state index in [1.165, 1.54) is 4.88 Å². The van der Waals surface area contributed by atoms with E-state index in [4.69, 9.17) is 5.73 Å². The van der Waals surface area contributed by atoms with Crippen LogP contribution in [0.1, 0.15) is 11.8 Å². The normalized spacial score (nSPS) is 11.1. The summed E-state index contributed by atoms with van der Waals surface area (Å²) in [4.78, 5) is 9.95. The Kier molecular flexibility index (Phi) is 2.57. The average Bonchev–Trinajstić information content (AvgIpc) is 2.91. The van der Waals surface area contributed by atoms with E-state index in [0.29, 0.717) is 0 Å². The SMILES string of the molecule is CCc1cc(-c2nc3cnccc3s2)c(N)s1. The highest BCUT2D eigenvalue weighted by atomic mass is 32.1. The molecule has 0 bridgehead atoms. The summed E-state index contributed by atoms with van der Waals surface area (Å²) >= 11 is 3.31. The molecule has 0 saturated heterocycles. The number of rotatable bonds is 2. The summed E-state index contributed by atoms with van der Waals surface area (Å²) in [5, 5.41) is 1.84. The lowest BCUT2D eigenvalue weighted by Crippen LogP contribution is -1.81. The Morgan fingerprint density at radius 1 is 1.35 bits per heavy atom. The molecule has 3 nitrogen and oxygen atoms in total. The van der Waals surface area contributed by atoms with Gasteiger partial charge in [0.05, 0.1) is 15.9 Å². The predicted molar refractivity (Wildman–Crippen MR) is 74.5 cm³/mol. The van der Waals surface area contributed by atoms with E-state index in [0.717, 1.165) is 32.2 Å². The van der Waals surface area contributed by atoms with Gasteiger partial charge in [-0.3, -0.25) is 4.98 Å². The lowest BCUT2D eigenvalue weighted by molar-refractivity contribution is 1.19. The van der Waals surface area contributed by atoms with Crippen LogP contribution in [0.2, 0.25) is 0 Å². The molecule has 3 heterocycles. The molecule has 3 aromatic rings. The van der Waals surface area contributed by atoms with E-state index in [-0.39, 0.29) is 0 Å². The van der Waals surface area contributed by atoms with Gasteiger partial charge < -0.3 is 5.73 Å². The minimum Gasteiger partial charge on any atom is -0.390 e. The first-order chi connectivity index (χ1) is 8.28. The zero-order chi connectivity index (χ0) is 11.8. The molecular weight excluding hydrogens is 250 g/mol. The molecule has 3 aromatic heterocycles. The maximum absolute atomic E-state index is 6.04. The topological polar surface area (TPSA) is 51.8 Å². The number of nitrogens with two attached hydrogens (primary N) is 1. The maximum Gasteiger partial charge on any atom is 0.127 e. The summed E-state index contributed by atoms with van der Waals surface area (Å²) in [5.74, 6) is 0. The van der Waals surface area contributed by atoms with E-state index in [1.54, 1.807) is 35.1 Å². The van der Waals surface area contributed by atoms with Crippen molar-refractivity contribution >= 4 is 37.9 Å². The Morgan fingerprint density at radius 3 is 2.94 bits per heavy atom. The van der Waals surface area contributed by atoms with E-state index in [9.17, 15) is 0 Å². The highest BCUT2D eigenvalue weighted by Crippen LogP contribution is 2.37. The molecule has 0 spiro atoms. The van der Waals surface area contributed by atoms with Crippen molar-refractivity contribution < 1.29 is 0 Å². The molecule has 5 heteroatoms. The number of anilines is 1. The molecule has 0 aliphatic carbocycles. The van der Waals surface area contributed by atoms with Crippen molar-refractivity contribution in [2.75, 3.05) is 5.73 Å². The van der Waals surface area contributed by atoms with Crippen molar-refractivity contribution in [2.24, 2.45) is 0 Å². The van der Waals surface area contributed by atoms with E-state index < -0.39 is 0 Å². The molecule has 0 saturated carbocycles. The third kappa shape index (κ3) is 1.81. The number of aryl methyl sites for hydroxylation is 1. The molecule has 0 fully saturated rings. The third-order valence-electron chi connectivity index (χ3n) is 2.58. The largest absolute Gasteiger partial charge is 0.390 e. The van der Waals surface area contributed by atoms with Crippen LogP contribution < -0.4 is 5.73 Å². The molecule has 0 aromatic carbocycles. The predicted octanol–water partition coefficient (Wildman–Crippen LogP) is 3.56. The van der Waals surface area contributed by atoms with Gasteiger partial charge in [-0.2, -0.15) is 0 Å². The highest BCUT2D eigenvalue weighted by Gasteiger charge is 2.12. The maximum atomic E-state index is 6.04. The standard InChI is InChI=1S/C12H11N3S2/c1-2-7-5-8(11(13)16-7)12-15-9-6-14-4-3-10(9)17-12/h3-6H,2,13H2,1H3. The summed E-state index contributed by atoms with van der Waals surface area (Å²) in [6, 6.07) is 4.13. The fraction of sp³-hybridized carbons (Fsp3) is 0.167. The first-order valence-corrected chi connectivity index (χ1v) is 7.00. The Labute approximate surface area is 107 Å². The van der Waals surface area contributed by atoms with Crippen LogP contribution in [0.15, 0.2) is 24.5 Å². The van der Waals surface area contributed by atoms with Crippen molar-refractivity contribution in [1.29, 1.82) is 0 Å². The summed E-state index contributed by atoms with van der Waals surface area (Å²) in [5.41, 5.74) is 8.04. The molecule has 0 atom stereocenters. The van der Waals surface area contributed by atoms with Gasteiger partial charge in [-0.15, -0.1) is 22.7 Å². The molecule has 0 unspecified atom stereocenters. The summed E-state index contributed by atoms with van der Waals surface area (Å²) in [6.07, 6.45) is 4.60. The zero-order valence-corrected chi connectivity index (χ0v) is 10.9. The van der Waals surface area contributed by atoms with E-state index in [1.807, 2.05) is 6.07 Å². The number of thiazole rings is 1. The van der Waals surface area contributed by atoms with E-state index in [2.05, 4.69) is 23.0 Å².